The topological polar surface area (TPSA) is 58.2 Å². The molecule has 4 nitrogen and oxygen atoms in total. The Labute approximate surface area is 109 Å². The number of carbonyl (C=O) groups is 2. The Morgan fingerprint density at radius 1 is 1.47 bits per heavy atom. The lowest BCUT2D eigenvalue weighted by Crippen LogP contribution is -2.40. The average molecular weight is 275 g/mol. The Morgan fingerprint density at radius 2 is 2.18 bits per heavy atom. The first kappa shape index (κ1) is 14.0. The molecule has 2 N–H and O–H groups in total. The fraction of sp³-hybridized carbons (Fsp3) is 0.455. The Morgan fingerprint density at radius 3 is 2.71 bits per heavy atom. The zero-order valence-corrected chi connectivity index (χ0v) is 11.3. The third-order valence-electron chi connectivity index (χ3n) is 2.11. The molecule has 94 valence electrons. The van der Waals surface area contributed by atoms with E-state index in [0.717, 1.165) is 4.88 Å². The molecule has 0 aliphatic rings. The molecule has 17 heavy (non-hydrogen) atoms. The maximum absolute atomic E-state index is 11.4. The van der Waals surface area contributed by atoms with Gasteiger partial charge in [-0.05, 0) is 26.0 Å². The van der Waals surface area contributed by atoms with E-state index in [2.05, 4.69) is 10.6 Å². The Hall–Kier alpha value is -1.07. The summed E-state index contributed by atoms with van der Waals surface area (Å²) in [6, 6.07) is 3.36. The smallest absolute Gasteiger partial charge is 0.321 e. The summed E-state index contributed by atoms with van der Waals surface area (Å²) in [4.78, 5) is 24.8. The van der Waals surface area contributed by atoms with Crippen LogP contribution in [0.5, 0.6) is 0 Å². The highest BCUT2D eigenvalue weighted by atomic mass is 35.5. The first-order valence-corrected chi connectivity index (χ1v) is 6.60. The van der Waals surface area contributed by atoms with Crippen LogP contribution in [0.1, 0.15) is 29.1 Å². The van der Waals surface area contributed by atoms with Crippen molar-refractivity contribution < 1.29 is 9.59 Å². The van der Waals surface area contributed by atoms with Gasteiger partial charge in [0, 0.05) is 22.1 Å². The number of halogens is 1. The van der Waals surface area contributed by atoms with Gasteiger partial charge in [-0.15, -0.1) is 22.9 Å². The second-order valence-electron chi connectivity index (χ2n) is 3.63. The van der Waals surface area contributed by atoms with E-state index in [1.165, 1.54) is 4.88 Å². The molecule has 1 aromatic rings. The van der Waals surface area contributed by atoms with Crippen LogP contribution in [0, 0.1) is 6.92 Å². The lowest BCUT2D eigenvalue weighted by molar-refractivity contribution is -0.119. The van der Waals surface area contributed by atoms with E-state index in [-0.39, 0.29) is 24.2 Å². The van der Waals surface area contributed by atoms with Crippen molar-refractivity contribution in [2.24, 2.45) is 0 Å². The molecule has 0 aliphatic carbocycles. The van der Waals surface area contributed by atoms with Crippen LogP contribution in [0.2, 0.25) is 0 Å². The highest BCUT2D eigenvalue weighted by Gasteiger charge is 2.12. The van der Waals surface area contributed by atoms with Gasteiger partial charge in [-0.2, -0.15) is 0 Å². The fourth-order valence-electron chi connectivity index (χ4n) is 1.26. The van der Waals surface area contributed by atoms with Gasteiger partial charge in [0.1, 0.15) is 0 Å². The third-order valence-corrected chi connectivity index (χ3v) is 3.48. The third kappa shape index (κ3) is 4.75. The van der Waals surface area contributed by atoms with Crippen LogP contribution in [0.3, 0.4) is 0 Å². The maximum atomic E-state index is 11.4. The van der Waals surface area contributed by atoms with Crippen molar-refractivity contribution in [1.82, 2.24) is 10.6 Å². The summed E-state index contributed by atoms with van der Waals surface area (Å²) in [5.41, 5.74) is 0. The van der Waals surface area contributed by atoms with Crippen molar-refractivity contribution in [1.29, 1.82) is 0 Å². The van der Waals surface area contributed by atoms with Crippen LogP contribution in [-0.4, -0.2) is 17.8 Å². The molecule has 0 fully saturated rings. The lowest BCUT2D eigenvalue weighted by Gasteiger charge is -2.12. The Kier molecular flexibility index (Phi) is 5.44. The predicted octanol–water partition coefficient (Wildman–Crippen LogP) is 2.57. The molecule has 0 saturated carbocycles. The summed E-state index contributed by atoms with van der Waals surface area (Å²) in [5.74, 6) is -0.161. The van der Waals surface area contributed by atoms with Crippen LogP contribution in [0.15, 0.2) is 12.1 Å². The van der Waals surface area contributed by atoms with Gasteiger partial charge in [-0.3, -0.25) is 10.1 Å². The summed E-state index contributed by atoms with van der Waals surface area (Å²) >= 11 is 7.01. The normalized spacial score (nSPS) is 11.9. The second kappa shape index (κ2) is 6.61. The second-order valence-corrected chi connectivity index (χ2v) is 5.33. The maximum Gasteiger partial charge on any atom is 0.321 e. The molecule has 1 atom stereocenters. The molecule has 1 aromatic heterocycles. The van der Waals surface area contributed by atoms with Gasteiger partial charge in [0.05, 0.1) is 6.04 Å². The minimum Gasteiger partial charge on any atom is -0.330 e. The molecule has 0 aliphatic heterocycles. The lowest BCUT2D eigenvalue weighted by atomic mass is 10.3. The van der Waals surface area contributed by atoms with Crippen molar-refractivity contribution in [2.45, 2.75) is 26.3 Å². The number of imide groups is 1. The van der Waals surface area contributed by atoms with Crippen LogP contribution in [0.4, 0.5) is 4.79 Å². The molecule has 1 rings (SSSR count). The molecule has 0 saturated heterocycles. The van der Waals surface area contributed by atoms with Crippen LogP contribution >= 0.6 is 22.9 Å². The summed E-state index contributed by atoms with van der Waals surface area (Å²) in [5, 5.41) is 4.91. The number of aryl methyl sites for hydroxylation is 1. The number of alkyl halides is 1. The number of nitrogens with one attached hydrogen (secondary N) is 2. The number of hydrogen-bond acceptors (Lipinski definition) is 3. The van der Waals surface area contributed by atoms with Crippen molar-refractivity contribution in [3.8, 4) is 0 Å². The van der Waals surface area contributed by atoms with Crippen molar-refractivity contribution in [2.75, 3.05) is 5.88 Å². The fourth-order valence-corrected chi connectivity index (χ4v) is 2.32. The molecule has 0 spiro atoms. The molecular formula is C11H15ClN2O2S. The number of hydrogen-bond donors (Lipinski definition) is 2. The van der Waals surface area contributed by atoms with Gasteiger partial charge < -0.3 is 5.32 Å². The molecule has 1 heterocycles. The van der Waals surface area contributed by atoms with Crippen molar-refractivity contribution in [3.63, 3.8) is 0 Å². The first-order chi connectivity index (χ1) is 8.02. The molecule has 0 radical (unpaired) electrons. The van der Waals surface area contributed by atoms with E-state index in [1.54, 1.807) is 11.3 Å². The summed E-state index contributed by atoms with van der Waals surface area (Å²) in [6.07, 6.45) is 0.140. The monoisotopic (exact) mass is 274 g/mol. The van der Waals surface area contributed by atoms with Crippen LogP contribution < -0.4 is 10.6 Å². The van der Waals surface area contributed by atoms with Gasteiger partial charge in [0.2, 0.25) is 5.91 Å². The van der Waals surface area contributed by atoms with Crippen LogP contribution in [0.25, 0.3) is 0 Å². The van der Waals surface area contributed by atoms with Gasteiger partial charge in [0.25, 0.3) is 0 Å². The van der Waals surface area contributed by atoms with Gasteiger partial charge in [0.15, 0.2) is 0 Å². The Bertz CT molecular complexity index is 406. The summed E-state index contributed by atoms with van der Waals surface area (Å²) in [6.45, 7) is 3.88. The standard InChI is InChI=1S/C11H15ClN2O2S/c1-7-3-4-9(17-7)8(2)13-11(16)14-10(15)5-6-12/h3-4,8H,5-6H2,1-2H3,(H2,13,14,15,16). The SMILES string of the molecule is Cc1ccc(C(C)NC(=O)NC(=O)CCCl)s1. The quantitative estimate of drug-likeness (QED) is 0.829. The van der Waals surface area contributed by atoms with E-state index in [1.807, 2.05) is 26.0 Å². The minimum absolute atomic E-state index is 0.113. The number of thiophene rings is 1. The molecule has 0 aromatic carbocycles. The summed E-state index contributed by atoms with van der Waals surface area (Å²) in [7, 11) is 0. The van der Waals surface area contributed by atoms with Crippen molar-refractivity contribution >= 4 is 34.9 Å². The Balaban J connectivity index is 2.43. The highest BCUT2D eigenvalue weighted by Crippen LogP contribution is 2.21. The number of amides is 3. The van der Waals surface area contributed by atoms with E-state index >= 15 is 0 Å². The van der Waals surface area contributed by atoms with E-state index in [0.29, 0.717) is 0 Å². The van der Waals surface area contributed by atoms with E-state index in [9.17, 15) is 9.59 Å². The number of carbonyl (C=O) groups excluding carboxylic acids is 2. The zero-order chi connectivity index (χ0) is 12.8. The molecule has 0 bridgehead atoms. The largest absolute Gasteiger partial charge is 0.330 e. The molecule has 3 amide bonds. The highest BCUT2D eigenvalue weighted by molar-refractivity contribution is 7.12. The predicted molar refractivity (Wildman–Crippen MR) is 69.5 cm³/mol. The van der Waals surface area contributed by atoms with Crippen LogP contribution in [-0.2, 0) is 4.79 Å². The molecular weight excluding hydrogens is 260 g/mol. The summed E-state index contributed by atoms with van der Waals surface area (Å²) < 4.78 is 0. The average Bonchev–Trinajstić information content (AvgIpc) is 2.64. The number of rotatable bonds is 4. The number of urea groups is 1. The van der Waals surface area contributed by atoms with E-state index < -0.39 is 6.03 Å². The van der Waals surface area contributed by atoms with E-state index in [4.69, 9.17) is 11.6 Å². The van der Waals surface area contributed by atoms with Crippen molar-refractivity contribution in [3.05, 3.63) is 21.9 Å². The molecule has 1 unspecified atom stereocenters. The minimum atomic E-state index is -0.487. The zero-order valence-electron chi connectivity index (χ0n) is 9.75. The van der Waals surface area contributed by atoms with Gasteiger partial charge >= 0.3 is 6.03 Å². The first-order valence-electron chi connectivity index (χ1n) is 5.25. The van der Waals surface area contributed by atoms with Gasteiger partial charge in [-0.25, -0.2) is 4.79 Å². The molecule has 6 heteroatoms. The van der Waals surface area contributed by atoms with Gasteiger partial charge in [-0.1, -0.05) is 0 Å².